The van der Waals surface area contributed by atoms with Crippen molar-refractivity contribution in [1.29, 1.82) is 0 Å². The van der Waals surface area contributed by atoms with Gasteiger partial charge in [-0.05, 0) is 32.3 Å². The summed E-state index contributed by atoms with van der Waals surface area (Å²) in [7, 11) is 0. The second-order valence-electron chi connectivity index (χ2n) is 7.15. The number of anilines is 1. The number of hydrogen-bond acceptors (Lipinski definition) is 6. The molecule has 0 spiro atoms. The van der Waals surface area contributed by atoms with Crippen molar-refractivity contribution in [2.75, 3.05) is 18.0 Å². The van der Waals surface area contributed by atoms with Gasteiger partial charge in [0.25, 0.3) is 11.3 Å². The molecule has 0 saturated carbocycles. The molecule has 1 saturated heterocycles. The molecule has 5 rings (SSSR count). The Kier molecular flexibility index (Phi) is 3.01. The molecule has 0 aromatic carbocycles. The number of piperidine rings is 1. The van der Waals surface area contributed by atoms with Gasteiger partial charge in [0, 0.05) is 37.3 Å². The van der Waals surface area contributed by atoms with Crippen molar-refractivity contribution in [3.8, 4) is 0 Å². The van der Waals surface area contributed by atoms with Gasteiger partial charge in [-0.25, -0.2) is 4.98 Å². The van der Waals surface area contributed by atoms with Crippen molar-refractivity contribution in [2.45, 2.75) is 32.7 Å². The Hall–Kier alpha value is -2.70. The van der Waals surface area contributed by atoms with Gasteiger partial charge in [-0.15, -0.1) is 0 Å². The molecular weight excluding hydrogens is 318 g/mol. The fourth-order valence-electron chi connectivity index (χ4n) is 4.37. The molecule has 3 aromatic rings. The van der Waals surface area contributed by atoms with Crippen LogP contribution in [0.15, 0.2) is 27.5 Å². The van der Waals surface area contributed by atoms with Crippen LogP contribution in [0, 0.1) is 19.8 Å². The highest BCUT2D eigenvalue weighted by molar-refractivity contribution is 5.88. The Morgan fingerprint density at radius 1 is 1.16 bits per heavy atom. The van der Waals surface area contributed by atoms with Crippen LogP contribution in [0.2, 0.25) is 0 Å². The third kappa shape index (κ3) is 2.18. The molecule has 0 unspecified atom stereocenters. The predicted molar refractivity (Wildman–Crippen MR) is 92.8 cm³/mol. The number of pyridine rings is 1. The molecule has 7 nitrogen and oxygen atoms in total. The van der Waals surface area contributed by atoms with Gasteiger partial charge in [0.2, 0.25) is 0 Å². The first kappa shape index (κ1) is 14.6. The Balaban J connectivity index is 1.60. The Morgan fingerprint density at radius 3 is 2.92 bits per heavy atom. The maximum Gasteiger partial charge on any atom is 0.263 e. The van der Waals surface area contributed by atoms with E-state index in [1.807, 2.05) is 24.5 Å². The van der Waals surface area contributed by atoms with Crippen molar-refractivity contribution < 1.29 is 4.52 Å². The van der Waals surface area contributed by atoms with Gasteiger partial charge in [-0.2, -0.15) is 4.98 Å². The van der Waals surface area contributed by atoms with Gasteiger partial charge in [0.05, 0.1) is 5.69 Å². The quantitative estimate of drug-likeness (QED) is 0.676. The predicted octanol–water partition coefficient (Wildman–Crippen LogP) is 2.02. The molecule has 2 bridgehead atoms. The number of nitrogens with zero attached hydrogens (tertiary/aromatic N) is 5. The van der Waals surface area contributed by atoms with Crippen LogP contribution < -0.4 is 10.5 Å². The first-order valence-corrected chi connectivity index (χ1v) is 8.65. The van der Waals surface area contributed by atoms with E-state index in [-0.39, 0.29) is 5.56 Å². The van der Waals surface area contributed by atoms with Gasteiger partial charge in [-0.3, -0.25) is 4.79 Å². The van der Waals surface area contributed by atoms with Crippen LogP contribution in [0.3, 0.4) is 0 Å². The average molecular weight is 337 g/mol. The molecule has 2 aliphatic rings. The van der Waals surface area contributed by atoms with Crippen LogP contribution in [0.25, 0.3) is 11.1 Å². The molecule has 3 aromatic heterocycles. The van der Waals surface area contributed by atoms with E-state index in [9.17, 15) is 4.79 Å². The molecule has 7 heteroatoms. The van der Waals surface area contributed by atoms with Crippen LogP contribution in [0.4, 0.5) is 5.82 Å². The Bertz CT molecular complexity index is 1040. The monoisotopic (exact) mass is 337 g/mol. The highest BCUT2D eigenvalue weighted by atomic mass is 16.5. The molecule has 1 fully saturated rings. The van der Waals surface area contributed by atoms with E-state index in [4.69, 9.17) is 9.51 Å². The summed E-state index contributed by atoms with van der Waals surface area (Å²) in [6.45, 7) is 6.30. The topological polar surface area (TPSA) is 77.0 Å². The molecule has 0 amide bonds. The van der Waals surface area contributed by atoms with E-state index < -0.39 is 0 Å². The van der Waals surface area contributed by atoms with E-state index in [0.29, 0.717) is 23.4 Å². The van der Waals surface area contributed by atoms with E-state index >= 15 is 0 Å². The van der Waals surface area contributed by atoms with Gasteiger partial charge in [-0.1, -0.05) is 11.2 Å². The number of rotatable bonds is 1. The Labute approximate surface area is 144 Å². The lowest BCUT2D eigenvalue weighted by Gasteiger charge is -2.43. The van der Waals surface area contributed by atoms with Crippen LogP contribution in [0.1, 0.15) is 29.6 Å². The van der Waals surface area contributed by atoms with Crippen LogP contribution in [-0.4, -0.2) is 32.8 Å². The number of aromatic nitrogens is 4. The lowest BCUT2D eigenvalue weighted by atomic mass is 9.83. The normalized spacial score (nSPS) is 22.2. The molecule has 25 heavy (non-hydrogen) atoms. The number of fused-ring (bicyclic) bond motifs is 5. The lowest BCUT2D eigenvalue weighted by Crippen LogP contribution is -2.47. The molecule has 0 aliphatic carbocycles. The van der Waals surface area contributed by atoms with Crippen molar-refractivity contribution in [2.24, 2.45) is 5.92 Å². The SMILES string of the molecule is Cc1nc(N2C[C@@H]3C[C@@H](C2)c2cccc(=O)n2C3)c2c(C)noc2n1. The highest BCUT2D eigenvalue weighted by Gasteiger charge is 2.36. The number of aryl methyl sites for hydroxylation is 2. The molecule has 2 aliphatic heterocycles. The van der Waals surface area contributed by atoms with Crippen molar-refractivity contribution in [3.05, 3.63) is 45.8 Å². The van der Waals surface area contributed by atoms with Crippen molar-refractivity contribution in [3.63, 3.8) is 0 Å². The Morgan fingerprint density at radius 2 is 2.04 bits per heavy atom. The van der Waals surface area contributed by atoms with E-state index in [1.54, 1.807) is 6.07 Å². The van der Waals surface area contributed by atoms with E-state index in [2.05, 4.69) is 21.1 Å². The van der Waals surface area contributed by atoms with Crippen molar-refractivity contribution >= 4 is 16.9 Å². The van der Waals surface area contributed by atoms with E-state index in [0.717, 1.165) is 48.6 Å². The average Bonchev–Trinajstić information content (AvgIpc) is 2.96. The molecule has 2 atom stereocenters. The number of hydrogen-bond donors (Lipinski definition) is 0. The van der Waals surface area contributed by atoms with Crippen LogP contribution in [-0.2, 0) is 6.54 Å². The molecule has 128 valence electrons. The fourth-order valence-corrected chi connectivity index (χ4v) is 4.37. The minimum Gasteiger partial charge on any atom is -0.355 e. The molecular formula is C18H19N5O2. The van der Waals surface area contributed by atoms with Crippen molar-refractivity contribution in [1.82, 2.24) is 19.7 Å². The standard InChI is InChI=1S/C18H19N5O2/c1-10-16-17(19-11(2)20-18(16)25-21-10)22-7-12-6-13(9-22)14-4-3-5-15(24)23(14)8-12/h3-5,12-13H,6-9H2,1-2H3/t12-,13-/m0/s1. The lowest BCUT2D eigenvalue weighted by molar-refractivity contribution is 0.281. The third-order valence-electron chi connectivity index (χ3n) is 5.38. The maximum absolute atomic E-state index is 12.2. The summed E-state index contributed by atoms with van der Waals surface area (Å²) < 4.78 is 7.30. The fraction of sp³-hybridized carbons (Fsp3) is 0.444. The van der Waals surface area contributed by atoms with Gasteiger partial charge >= 0.3 is 0 Å². The summed E-state index contributed by atoms with van der Waals surface area (Å²) in [6, 6.07) is 5.60. The van der Waals surface area contributed by atoms with Gasteiger partial charge < -0.3 is 14.0 Å². The molecule has 0 N–H and O–H groups in total. The smallest absolute Gasteiger partial charge is 0.263 e. The first-order valence-electron chi connectivity index (χ1n) is 8.65. The summed E-state index contributed by atoms with van der Waals surface area (Å²) >= 11 is 0. The van der Waals surface area contributed by atoms with Gasteiger partial charge in [0.15, 0.2) is 0 Å². The largest absolute Gasteiger partial charge is 0.355 e. The maximum atomic E-state index is 12.2. The second kappa shape index (κ2) is 5.15. The molecule has 0 radical (unpaired) electrons. The zero-order valence-corrected chi connectivity index (χ0v) is 14.3. The highest BCUT2D eigenvalue weighted by Crippen LogP contribution is 2.38. The minimum atomic E-state index is 0.107. The zero-order chi connectivity index (χ0) is 17.1. The summed E-state index contributed by atoms with van der Waals surface area (Å²) in [6.07, 6.45) is 1.12. The second-order valence-corrected chi connectivity index (χ2v) is 7.15. The summed E-state index contributed by atoms with van der Waals surface area (Å²) in [5.74, 6) is 2.37. The molecule has 5 heterocycles. The summed E-state index contributed by atoms with van der Waals surface area (Å²) in [5.41, 5.74) is 2.61. The first-order chi connectivity index (χ1) is 12.1. The summed E-state index contributed by atoms with van der Waals surface area (Å²) in [4.78, 5) is 23.6. The van der Waals surface area contributed by atoms with Crippen LogP contribution in [0.5, 0.6) is 0 Å². The summed E-state index contributed by atoms with van der Waals surface area (Å²) in [5, 5.41) is 4.96. The van der Waals surface area contributed by atoms with Gasteiger partial charge in [0.1, 0.15) is 17.0 Å². The van der Waals surface area contributed by atoms with Crippen LogP contribution >= 0.6 is 0 Å². The minimum absolute atomic E-state index is 0.107. The zero-order valence-electron chi connectivity index (χ0n) is 14.3. The third-order valence-corrected chi connectivity index (χ3v) is 5.38. The van der Waals surface area contributed by atoms with E-state index in [1.165, 1.54) is 0 Å².